The van der Waals surface area contributed by atoms with Crippen molar-refractivity contribution in [3.63, 3.8) is 0 Å². The molecule has 0 aliphatic heterocycles. The van der Waals surface area contributed by atoms with E-state index >= 15 is 0 Å². The largest absolute Gasteiger partial charge is 0.426 e. The van der Waals surface area contributed by atoms with Crippen LogP contribution in [0.2, 0.25) is 0 Å². The Balaban J connectivity index is 1.55. The molecule has 0 radical (unpaired) electrons. The zero-order valence-electron chi connectivity index (χ0n) is 19.5. The van der Waals surface area contributed by atoms with Crippen molar-refractivity contribution in [2.24, 2.45) is 5.92 Å². The van der Waals surface area contributed by atoms with Crippen molar-refractivity contribution in [2.75, 3.05) is 0 Å². The Labute approximate surface area is 200 Å². The molecule has 0 amide bonds. The van der Waals surface area contributed by atoms with Crippen LogP contribution in [0.15, 0.2) is 97.3 Å². The zero-order chi connectivity index (χ0) is 23.5. The van der Waals surface area contributed by atoms with E-state index in [0.717, 1.165) is 28.9 Å². The van der Waals surface area contributed by atoms with Crippen LogP contribution in [0.4, 0.5) is 0 Å². The molecule has 0 fully saturated rings. The van der Waals surface area contributed by atoms with Gasteiger partial charge in [0.2, 0.25) is 0 Å². The molecule has 0 saturated carbocycles. The van der Waals surface area contributed by atoms with E-state index in [2.05, 4.69) is 43.3 Å². The number of carbonyl (C=O) groups excluding carboxylic acids is 1. The summed E-state index contributed by atoms with van der Waals surface area (Å²) in [6, 6.07) is 28.1. The van der Waals surface area contributed by atoms with E-state index in [1.807, 2.05) is 67.8 Å². The maximum atomic E-state index is 13.2. The molecule has 0 bridgehead atoms. The number of fused-ring (bicyclic) bond motifs is 3. The topological polar surface area (TPSA) is 52.1 Å². The summed E-state index contributed by atoms with van der Waals surface area (Å²) in [4.78, 5) is 22.6. The third kappa shape index (κ3) is 4.01. The molecule has 0 N–H and O–H groups in total. The number of esters is 1. The first-order valence-electron chi connectivity index (χ1n) is 11.8. The Morgan fingerprint density at radius 3 is 1.91 bits per heavy atom. The molecular formula is C30H28N2O2. The molecule has 2 atom stereocenters. The maximum Gasteiger partial charge on any atom is 0.314 e. The fourth-order valence-electron chi connectivity index (χ4n) is 5.36. The maximum absolute atomic E-state index is 13.2. The number of para-hydroxylation sites is 1. The summed E-state index contributed by atoms with van der Waals surface area (Å²) in [5.74, 6) is 0.308. The highest BCUT2D eigenvalue weighted by molar-refractivity contribution is 5.78. The van der Waals surface area contributed by atoms with Gasteiger partial charge in [-0.25, -0.2) is 0 Å². The van der Waals surface area contributed by atoms with Gasteiger partial charge in [-0.3, -0.25) is 14.8 Å². The summed E-state index contributed by atoms with van der Waals surface area (Å²) in [6.07, 6.45) is 5.10. The summed E-state index contributed by atoms with van der Waals surface area (Å²) in [6.45, 7) is 4.22. The monoisotopic (exact) mass is 448 g/mol. The van der Waals surface area contributed by atoms with Gasteiger partial charge >= 0.3 is 5.97 Å². The Morgan fingerprint density at radius 1 is 0.765 bits per heavy atom. The number of benzene rings is 2. The van der Waals surface area contributed by atoms with E-state index in [9.17, 15) is 4.79 Å². The lowest BCUT2D eigenvalue weighted by Gasteiger charge is -2.36. The first-order chi connectivity index (χ1) is 16.6. The molecule has 4 heteroatoms. The third-order valence-corrected chi connectivity index (χ3v) is 6.91. The number of ether oxygens (including phenoxy) is 1. The van der Waals surface area contributed by atoms with Crippen LogP contribution in [0.3, 0.4) is 0 Å². The standard InChI is InChI=1S/C30H28N2O2/c1-21(23-11-5-3-6-12-23)19-30(20-22(2)29(33)34-24-13-7-4-8-14-24)25-15-9-17-31-27(25)28-26(30)16-10-18-32-28/h3-18,21-22H,19-20H2,1-2H3. The number of aromatic nitrogens is 2. The summed E-state index contributed by atoms with van der Waals surface area (Å²) in [7, 11) is 0. The molecule has 2 aromatic heterocycles. The quantitative estimate of drug-likeness (QED) is 0.237. The minimum absolute atomic E-state index is 0.222. The predicted molar refractivity (Wildman–Crippen MR) is 134 cm³/mol. The molecule has 0 spiro atoms. The molecule has 2 aromatic carbocycles. The second-order valence-electron chi connectivity index (χ2n) is 9.24. The van der Waals surface area contributed by atoms with Crippen molar-refractivity contribution in [3.05, 3.63) is 114 Å². The van der Waals surface area contributed by atoms with Crippen LogP contribution < -0.4 is 4.74 Å². The fraction of sp³-hybridized carbons (Fsp3) is 0.233. The van der Waals surface area contributed by atoms with Crippen molar-refractivity contribution in [3.8, 4) is 17.1 Å². The molecule has 2 heterocycles. The Hall–Kier alpha value is -3.79. The van der Waals surface area contributed by atoms with Gasteiger partial charge in [0.05, 0.1) is 17.3 Å². The molecule has 170 valence electrons. The normalized spacial score (nSPS) is 15.1. The third-order valence-electron chi connectivity index (χ3n) is 6.91. The highest BCUT2D eigenvalue weighted by Crippen LogP contribution is 2.54. The summed E-state index contributed by atoms with van der Waals surface area (Å²) >= 11 is 0. The van der Waals surface area contributed by atoms with Crippen LogP contribution in [0, 0.1) is 5.92 Å². The van der Waals surface area contributed by atoms with Gasteiger partial charge in [0.15, 0.2) is 0 Å². The average Bonchev–Trinajstić information content (AvgIpc) is 3.15. The molecule has 34 heavy (non-hydrogen) atoms. The highest BCUT2D eigenvalue weighted by Gasteiger charge is 2.47. The minimum atomic E-state index is -0.391. The van der Waals surface area contributed by atoms with Gasteiger partial charge in [0.25, 0.3) is 0 Å². The van der Waals surface area contributed by atoms with E-state index in [0.29, 0.717) is 12.2 Å². The van der Waals surface area contributed by atoms with Gasteiger partial charge in [0.1, 0.15) is 5.75 Å². The van der Waals surface area contributed by atoms with Crippen molar-refractivity contribution in [2.45, 2.75) is 38.0 Å². The van der Waals surface area contributed by atoms with Crippen LogP contribution in [0.1, 0.15) is 49.3 Å². The lowest BCUT2D eigenvalue weighted by atomic mass is 9.67. The number of hydrogen-bond acceptors (Lipinski definition) is 4. The minimum Gasteiger partial charge on any atom is -0.426 e. The molecule has 2 unspecified atom stereocenters. The first kappa shape index (κ1) is 22.0. The number of nitrogens with zero attached hydrogens (tertiary/aromatic N) is 2. The van der Waals surface area contributed by atoms with Crippen LogP contribution in [-0.2, 0) is 10.2 Å². The van der Waals surface area contributed by atoms with E-state index in [1.165, 1.54) is 5.56 Å². The lowest BCUT2D eigenvalue weighted by molar-refractivity contribution is -0.139. The van der Waals surface area contributed by atoms with Gasteiger partial charge < -0.3 is 4.74 Å². The lowest BCUT2D eigenvalue weighted by Crippen LogP contribution is -2.33. The van der Waals surface area contributed by atoms with E-state index in [-0.39, 0.29) is 17.8 Å². The molecule has 1 aliphatic rings. The molecule has 1 aliphatic carbocycles. The number of rotatable bonds is 7. The molecule has 4 nitrogen and oxygen atoms in total. The Morgan fingerprint density at radius 2 is 1.32 bits per heavy atom. The van der Waals surface area contributed by atoms with Crippen molar-refractivity contribution in [1.82, 2.24) is 9.97 Å². The van der Waals surface area contributed by atoms with Gasteiger partial charge in [-0.1, -0.05) is 74.5 Å². The van der Waals surface area contributed by atoms with Crippen LogP contribution in [0.25, 0.3) is 11.4 Å². The second-order valence-corrected chi connectivity index (χ2v) is 9.24. The van der Waals surface area contributed by atoms with Crippen molar-refractivity contribution >= 4 is 5.97 Å². The number of carbonyl (C=O) groups is 1. The van der Waals surface area contributed by atoms with Crippen LogP contribution in [0.5, 0.6) is 5.75 Å². The number of pyridine rings is 2. The highest BCUT2D eigenvalue weighted by atomic mass is 16.5. The van der Waals surface area contributed by atoms with Crippen molar-refractivity contribution in [1.29, 1.82) is 0 Å². The van der Waals surface area contributed by atoms with Crippen molar-refractivity contribution < 1.29 is 9.53 Å². The second kappa shape index (κ2) is 9.22. The number of hydrogen-bond donors (Lipinski definition) is 0. The Bertz CT molecular complexity index is 1240. The van der Waals surface area contributed by atoms with Gasteiger partial charge in [-0.05, 0) is 59.7 Å². The van der Waals surface area contributed by atoms with Gasteiger partial charge in [0, 0.05) is 17.8 Å². The summed E-state index contributed by atoms with van der Waals surface area (Å²) in [5.41, 5.74) is 5.02. The molecular weight excluding hydrogens is 420 g/mol. The molecule has 5 rings (SSSR count). The molecule has 0 saturated heterocycles. The summed E-state index contributed by atoms with van der Waals surface area (Å²) < 4.78 is 5.73. The van der Waals surface area contributed by atoms with E-state index in [1.54, 1.807) is 0 Å². The average molecular weight is 449 g/mol. The molecule has 4 aromatic rings. The smallest absolute Gasteiger partial charge is 0.314 e. The van der Waals surface area contributed by atoms with Crippen LogP contribution >= 0.6 is 0 Å². The fourth-order valence-corrected chi connectivity index (χ4v) is 5.36. The SMILES string of the molecule is CC(CC1(CC(C)c2ccccc2)c2cccnc2-c2ncccc21)C(=O)Oc1ccccc1. The van der Waals surface area contributed by atoms with Crippen LogP contribution in [-0.4, -0.2) is 15.9 Å². The van der Waals surface area contributed by atoms with Gasteiger partial charge in [-0.15, -0.1) is 0 Å². The van der Waals surface area contributed by atoms with E-state index in [4.69, 9.17) is 14.7 Å². The van der Waals surface area contributed by atoms with E-state index < -0.39 is 5.41 Å². The predicted octanol–water partition coefficient (Wildman–Crippen LogP) is 6.57. The zero-order valence-corrected chi connectivity index (χ0v) is 19.5. The van der Waals surface area contributed by atoms with Gasteiger partial charge in [-0.2, -0.15) is 0 Å². The first-order valence-corrected chi connectivity index (χ1v) is 11.8. The Kier molecular flexibility index (Phi) is 5.97. The summed E-state index contributed by atoms with van der Waals surface area (Å²) in [5, 5.41) is 0.